The van der Waals surface area contributed by atoms with Crippen molar-refractivity contribution < 1.29 is 33.7 Å². The molecule has 7 nitrogen and oxygen atoms in total. The Kier molecular flexibility index (Phi) is 3.68. The third-order valence-corrected chi connectivity index (χ3v) is 4.76. The van der Waals surface area contributed by atoms with E-state index in [4.69, 9.17) is 14.2 Å². The van der Waals surface area contributed by atoms with Crippen LogP contribution in [-0.4, -0.2) is 48.4 Å². The average Bonchev–Trinajstić information content (AvgIpc) is 3.07. The van der Waals surface area contributed by atoms with E-state index in [-0.39, 0.29) is 30.6 Å². The quantitative estimate of drug-likeness (QED) is 0.325. The summed E-state index contributed by atoms with van der Waals surface area (Å²) in [5.41, 5.74) is 0.266. The molecule has 22 heavy (non-hydrogen) atoms. The van der Waals surface area contributed by atoms with E-state index in [1.54, 1.807) is 0 Å². The number of esters is 3. The summed E-state index contributed by atoms with van der Waals surface area (Å²) < 4.78 is 15.1. The molecule has 0 amide bonds. The monoisotopic (exact) mass is 310 g/mol. The molecule has 0 spiro atoms. The second kappa shape index (κ2) is 5.39. The van der Waals surface area contributed by atoms with Crippen LogP contribution in [0.3, 0.4) is 0 Å². The van der Waals surface area contributed by atoms with Crippen molar-refractivity contribution in [2.45, 2.75) is 25.6 Å². The largest absolute Gasteiger partial charge is 0.462 e. The lowest BCUT2D eigenvalue weighted by Gasteiger charge is -2.26. The summed E-state index contributed by atoms with van der Waals surface area (Å²) >= 11 is 0. The predicted molar refractivity (Wildman–Crippen MR) is 71.2 cm³/mol. The number of carbonyl (C=O) groups excluding carboxylic acids is 3. The highest BCUT2D eigenvalue weighted by atomic mass is 16.6. The Hall–Kier alpha value is -1.89. The third kappa shape index (κ3) is 2.20. The Morgan fingerprint density at radius 1 is 1.32 bits per heavy atom. The first-order valence-corrected chi connectivity index (χ1v) is 7.29. The summed E-state index contributed by atoms with van der Waals surface area (Å²) in [5, 5.41) is 10.1. The fourth-order valence-electron chi connectivity index (χ4n) is 3.84. The minimum atomic E-state index is -0.800. The second-order valence-corrected chi connectivity index (χ2v) is 6.09. The highest BCUT2D eigenvalue weighted by molar-refractivity contribution is 5.87. The number of aliphatic hydroxyl groups is 1. The van der Waals surface area contributed by atoms with Gasteiger partial charge in [-0.15, -0.1) is 0 Å². The van der Waals surface area contributed by atoms with Crippen LogP contribution in [0.2, 0.25) is 0 Å². The maximum Gasteiger partial charge on any atom is 0.333 e. The summed E-state index contributed by atoms with van der Waals surface area (Å²) in [7, 11) is 0. The summed E-state index contributed by atoms with van der Waals surface area (Å²) in [6, 6.07) is 0. The van der Waals surface area contributed by atoms with Crippen molar-refractivity contribution in [2.75, 3.05) is 13.2 Å². The molecular formula is C15H18O7. The molecule has 3 rings (SSSR count). The molecule has 1 N–H and O–H groups in total. The van der Waals surface area contributed by atoms with Gasteiger partial charge in [-0.25, -0.2) is 4.79 Å². The number of hydrogen-bond acceptors (Lipinski definition) is 7. The van der Waals surface area contributed by atoms with Gasteiger partial charge in [0.2, 0.25) is 0 Å². The second-order valence-electron chi connectivity index (χ2n) is 6.09. The molecule has 6 unspecified atom stereocenters. The van der Waals surface area contributed by atoms with Crippen LogP contribution in [0.15, 0.2) is 12.2 Å². The first-order valence-electron chi connectivity index (χ1n) is 7.29. The average molecular weight is 310 g/mol. The lowest BCUT2D eigenvalue weighted by molar-refractivity contribution is -0.159. The molecule has 2 aliphatic carbocycles. The molecule has 1 aliphatic heterocycles. The summed E-state index contributed by atoms with van der Waals surface area (Å²) in [6.45, 7) is 4.80. The molecule has 1 heterocycles. The van der Waals surface area contributed by atoms with E-state index < -0.39 is 42.0 Å². The zero-order valence-corrected chi connectivity index (χ0v) is 12.2. The highest BCUT2D eigenvalue weighted by Gasteiger charge is 2.68. The fourth-order valence-corrected chi connectivity index (χ4v) is 3.84. The Morgan fingerprint density at radius 3 is 2.68 bits per heavy atom. The number of rotatable bonds is 5. The first kappa shape index (κ1) is 15.0. The molecule has 0 aromatic heterocycles. The van der Waals surface area contributed by atoms with Gasteiger partial charge in [0.05, 0.1) is 17.9 Å². The van der Waals surface area contributed by atoms with E-state index >= 15 is 0 Å². The Bertz CT molecular complexity index is 540. The predicted octanol–water partition coefficient (Wildman–Crippen LogP) is -0.183. The number of hydrogen-bond donors (Lipinski definition) is 1. The van der Waals surface area contributed by atoms with E-state index in [1.165, 1.54) is 6.92 Å². The molecule has 2 bridgehead atoms. The maximum absolute atomic E-state index is 12.2. The van der Waals surface area contributed by atoms with Crippen molar-refractivity contribution in [3.05, 3.63) is 12.2 Å². The van der Waals surface area contributed by atoms with Crippen LogP contribution in [0.1, 0.15) is 13.3 Å². The normalized spacial score (nSPS) is 37.8. The van der Waals surface area contributed by atoms with Crippen molar-refractivity contribution in [2.24, 2.45) is 23.7 Å². The molecule has 0 aromatic carbocycles. The van der Waals surface area contributed by atoms with Crippen LogP contribution in [0.4, 0.5) is 0 Å². The first-order chi connectivity index (χ1) is 10.4. The van der Waals surface area contributed by atoms with Gasteiger partial charge < -0.3 is 19.3 Å². The van der Waals surface area contributed by atoms with Gasteiger partial charge >= 0.3 is 17.9 Å². The molecule has 6 atom stereocenters. The lowest BCUT2D eigenvalue weighted by atomic mass is 9.78. The van der Waals surface area contributed by atoms with Crippen LogP contribution in [-0.2, 0) is 28.6 Å². The molecule has 3 aliphatic rings. The lowest BCUT2D eigenvalue weighted by Crippen LogP contribution is -2.41. The van der Waals surface area contributed by atoms with E-state index in [0.717, 1.165) is 0 Å². The molecule has 1 saturated heterocycles. The van der Waals surface area contributed by atoms with Gasteiger partial charge in [-0.1, -0.05) is 6.58 Å². The molecule has 3 fully saturated rings. The van der Waals surface area contributed by atoms with Gasteiger partial charge in [-0.3, -0.25) is 9.59 Å². The zero-order chi connectivity index (χ0) is 16.0. The minimum Gasteiger partial charge on any atom is -0.462 e. The molecule has 0 aromatic rings. The molecule has 7 heteroatoms. The van der Waals surface area contributed by atoms with Crippen LogP contribution in [0, 0.1) is 23.7 Å². The molecule has 2 saturated carbocycles. The van der Waals surface area contributed by atoms with Crippen LogP contribution < -0.4 is 0 Å². The van der Waals surface area contributed by atoms with Gasteiger partial charge in [0.15, 0.2) is 0 Å². The Balaban J connectivity index is 1.54. The number of fused-ring (bicyclic) bond motifs is 1. The fraction of sp³-hybridized carbons (Fsp3) is 0.667. The van der Waals surface area contributed by atoms with Crippen molar-refractivity contribution in [1.29, 1.82) is 0 Å². The van der Waals surface area contributed by atoms with Gasteiger partial charge in [-0.05, 0) is 13.3 Å². The van der Waals surface area contributed by atoms with Gasteiger partial charge in [0.25, 0.3) is 0 Å². The number of aliphatic hydroxyl groups excluding tert-OH is 1. The van der Waals surface area contributed by atoms with Crippen molar-refractivity contribution in [3.63, 3.8) is 0 Å². The molecule has 120 valence electrons. The smallest absolute Gasteiger partial charge is 0.333 e. The van der Waals surface area contributed by atoms with Crippen LogP contribution in [0.5, 0.6) is 0 Å². The third-order valence-electron chi connectivity index (χ3n) is 4.76. The van der Waals surface area contributed by atoms with Crippen LogP contribution in [0.25, 0.3) is 0 Å². The summed E-state index contributed by atoms with van der Waals surface area (Å²) in [4.78, 5) is 35.2. The van der Waals surface area contributed by atoms with Gasteiger partial charge in [0.1, 0.15) is 19.3 Å². The number of carbonyl (C=O) groups is 3. The topological polar surface area (TPSA) is 99.1 Å². The number of ether oxygens (including phenoxy) is 3. The van der Waals surface area contributed by atoms with E-state index in [9.17, 15) is 19.5 Å². The van der Waals surface area contributed by atoms with Gasteiger partial charge in [0, 0.05) is 17.4 Å². The minimum absolute atomic E-state index is 0.0709. The van der Waals surface area contributed by atoms with Crippen molar-refractivity contribution in [3.8, 4) is 0 Å². The highest BCUT2D eigenvalue weighted by Crippen LogP contribution is 2.57. The summed E-state index contributed by atoms with van der Waals surface area (Å²) in [5.74, 6) is -3.08. The Morgan fingerprint density at radius 2 is 2.00 bits per heavy atom. The van der Waals surface area contributed by atoms with Gasteiger partial charge in [-0.2, -0.15) is 0 Å². The zero-order valence-electron chi connectivity index (χ0n) is 12.2. The maximum atomic E-state index is 12.2. The Labute approximate surface area is 127 Å². The summed E-state index contributed by atoms with van der Waals surface area (Å²) in [6.07, 6.45) is -0.665. The van der Waals surface area contributed by atoms with Crippen molar-refractivity contribution in [1.82, 2.24) is 0 Å². The van der Waals surface area contributed by atoms with E-state index in [1.807, 2.05) is 0 Å². The van der Waals surface area contributed by atoms with E-state index in [2.05, 4.69) is 6.58 Å². The van der Waals surface area contributed by atoms with Crippen LogP contribution >= 0.6 is 0 Å². The SMILES string of the molecule is C=C(C)C(=O)OCCOC(=O)C1C2CC3C(OC(=O)C31)C2O. The van der Waals surface area contributed by atoms with Crippen molar-refractivity contribution >= 4 is 17.9 Å². The molecular weight excluding hydrogens is 292 g/mol. The van der Waals surface area contributed by atoms with E-state index in [0.29, 0.717) is 6.42 Å². The molecule has 0 radical (unpaired) electrons. The standard InChI is InChI=1S/C15H18O7/c1-6(2)13(17)20-3-4-21-14(18)9-7-5-8-10(9)15(19)22-12(8)11(7)16/h7-12,16H,1,3-5H2,2H3.